The molecule has 0 aromatic carbocycles. The van der Waals surface area contributed by atoms with E-state index in [0.717, 1.165) is 19.5 Å². The summed E-state index contributed by atoms with van der Waals surface area (Å²) < 4.78 is 0. The van der Waals surface area contributed by atoms with Crippen molar-refractivity contribution in [2.45, 2.75) is 58.4 Å². The van der Waals surface area contributed by atoms with Crippen LogP contribution in [-0.4, -0.2) is 25.0 Å². The van der Waals surface area contributed by atoms with Crippen LogP contribution in [0.5, 0.6) is 0 Å². The van der Waals surface area contributed by atoms with Gasteiger partial charge in [-0.2, -0.15) is 0 Å². The first-order valence-corrected chi connectivity index (χ1v) is 7.16. The van der Waals surface area contributed by atoms with Crippen LogP contribution in [0.2, 0.25) is 0 Å². The summed E-state index contributed by atoms with van der Waals surface area (Å²) in [6.45, 7) is 6.35. The zero-order valence-corrected chi connectivity index (χ0v) is 11.2. The van der Waals surface area contributed by atoms with Crippen LogP contribution >= 0.6 is 0 Å². The SMILES string of the molecule is CCC1(CNC(=O)C2CC(C)CCN2)CCC1. The number of piperidine rings is 1. The fourth-order valence-electron chi connectivity index (χ4n) is 3.04. The molecular formula is C14H26N2O. The van der Waals surface area contributed by atoms with Crippen LogP contribution in [0.15, 0.2) is 0 Å². The zero-order chi connectivity index (χ0) is 12.3. The van der Waals surface area contributed by atoms with E-state index < -0.39 is 0 Å². The molecule has 0 bridgehead atoms. The lowest BCUT2D eigenvalue weighted by atomic mass is 9.67. The fraction of sp³-hybridized carbons (Fsp3) is 0.929. The van der Waals surface area contributed by atoms with Crippen LogP contribution in [-0.2, 0) is 4.79 Å². The van der Waals surface area contributed by atoms with Gasteiger partial charge in [0.2, 0.25) is 5.91 Å². The van der Waals surface area contributed by atoms with Gasteiger partial charge in [-0.3, -0.25) is 4.79 Å². The molecule has 1 saturated heterocycles. The third-order valence-corrected chi connectivity index (χ3v) is 4.78. The minimum Gasteiger partial charge on any atom is -0.354 e. The second-order valence-corrected chi connectivity index (χ2v) is 6.06. The highest BCUT2D eigenvalue weighted by molar-refractivity contribution is 5.81. The Kier molecular flexibility index (Phi) is 4.08. The Labute approximate surface area is 105 Å². The van der Waals surface area contributed by atoms with Gasteiger partial charge in [-0.25, -0.2) is 0 Å². The van der Waals surface area contributed by atoms with Crippen LogP contribution in [0.4, 0.5) is 0 Å². The third kappa shape index (κ3) is 3.01. The largest absolute Gasteiger partial charge is 0.354 e. The number of rotatable bonds is 4. The van der Waals surface area contributed by atoms with Gasteiger partial charge in [-0.15, -0.1) is 0 Å². The van der Waals surface area contributed by atoms with E-state index in [1.54, 1.807) is 0 Å². The number of carbonyl (C=O) groups excluding carboxylic acids is 1. The minimum atomic E-state index is 0.0488. The molecule has 1 saturated carbocycles. The van der Waals surface area contributed by atoms with Crippen molar-refractivity contribution >= 4 is 5.91 Å². The number of hydrogen-bond acceptors (Lipinski definition) is 2. The second-order valence-electron chi connectivity index (χ2n) is 6.06. The van der Waals surface area contributed by atoms with E-state index in [4.69, 9.17) is 0 Å². The van der Waals surface area contributed by atoms with Crippen molar-refractivity contribution in [2.75, 3.05) is 13.1 Å². The fourth-order valence-corrected chi connectivity index (χ4v) is 3.04. The Morgan fingerprint density at radius 2 is 2.24 bits per heavy atom. The molecule has 1 aliphatic carbocycles. The maximum Gasteiger partial charge on any atom is 0.237 e. The van der Waals surface area contributed by atoms with E-state index in [0.29, 0.717) is 11.3 Å². The molecule has 2 aliphatic rings. The lowest BCUT2D eigenvalue weighted by Crippen LogP contribution is -2.51. The summed E-state index contributed by atoms with van der Waals surface area (Å²) in [6.07, 6.45) is 7.30. The molecule has 0 aromatic heterocycles. The predicted octanol–water partition coefficient (Wildman–Crippen LogP) is 2.07. The van der Waals surface area contributed by atoms with Crippen molar-refractivity contribution in [3.8, 4) is 0 Å². The standard InChI is InChI=1S/C14H26N2O/c1-3-14(6-4-7-14)10-16-13(17)12-9-11(2)5-8-15-12/h11-12,15H,3-10H2,1-2H3,(H,16,17). The predicted molar refractivity (Wildman–Crippen MR) is 69.8 cm³/mol. The highest BCUT2D eigenvalue weighted by atomic mass is 16.2. The average molecular weight is 238 g/mol. The highest BCUT2D eigenvalue weighted by Crippen LogP contribution is 2.43. The van der Waals surface area contributed by atoms with Crippen molar-refractivity contribution in [1.29, 1.82) is 0 Å². The first-order chi connectivity index (χ1) is 8.15. The molecule has 2 unspecified atom stereocenters. The first-order valence-electron chi connectivity index (χ1n) is 7.16. The van der Waals surface area contributed by atoms with Crippen LogP contribution in [0.3, 0.4) is 0 Å². The lowest BCUT2D eigenvalue weighted by molar-refractivity contribution is -0.124. The molecule has 0 radical (unpaired) electrons. The van der Waals surface area contributed by atoms with E-state index in [1.165, 1.54) is 32.1 Å². The maximum atomic E-state index is 12.1. The van der Waals surface area contributed by atoms with E-state index >= 15 is 0 Å². The Balaban J connectivity index is 1.76. The number of hydrogen-bond donors (Lipinski definition) is 2. The van der Waals surface area contributed by atoms with Crippen molar-refractivity contribution in [1.82, 2.24) is 10.6 Å². The molecule has 2 N–H and O–H groups in total. The minimum absolute atomic E-state index is 0.0488. The topological polar surface area (TPSA) is 41.1 Å². The Morgan fingerprint density at radius 1 is 1.47 bits per heavy atom. The second kappa shape index (κ2) is 5.38. The molecule has 2 rings (SSSR count). The molecule has 2 fully saturated rings. The summed E-state index contributed by atoms with van der Waals surface area (Å²) in [5.41, 5.74) is 0.427. The van der Waals surface area contributed by atoms with Crippen LogP contribution in [0.1, 0.15) is 52.4 Å². The summed E-state index contributed by atoms with van der Waals surface area (Å²) in [4.78, 5) is 12.1. The summed E-state index contributed by atoms with van der Waals surface area (Å²) >= 11 is 0. The molecule has 1 amide bonds. The maximum absolute atomic E-state index is 12.1. The molecule has 2 atom stereocenters. The van der Waals surface area contributed by atoms with E-state index in [-0.39, 0.29) is 11.9 Å². The van der Waals surface area contributed by atoms with Crippen molar-refractivity contribution in [3.05, 3.63) is 0 Å². The molecular weight excluding hydrogens is 212 g/mol. The van der Waals surface area contributed by atoms with Crippen LogP contribution < -0.4 is 10.6 Å². The van der Waals surface area contributed by atoms with Gasteiger partial charge >= 0.3 is 0 Å². The smallest absolute Gasteiger partial charge is 0.237 e. The molecule has 98 valence electrons. The molecule has 0 spiro atoms. The Hall–Kier alpha value is -0.570. The average Bonchev–Trinajstić information content (AvgIpc) is 2.28. The summed E-state index contributed by atoms with van der Waals surface area (Å²) in [5, 5.41) is 6.49. The van der Waals surface area contributed by atoms with Crippen LogP contribution in [0.25, 0.3) is 0 Å². The van der Waals surface area contributed by atoms with E-state index in [9.17, 15) is 4.79 Å². The molecule has 3 heteroatoms. The molecule has 3 nitrogen and oxygen atoms in total. The summed E-state index contributed by atoms with van der Waals surface area (Å²) in [6, 6.07) is 0.0488. The Bertz CT molecular complexity index is 268. The molecule has 1 heterocycles. The molecule has 0 aromatic rings. The quantitative estimate of drug-likeness (QED) is 0.787. The van der Waals surface area contributed by atoms with Crippen LogP contribution in [0, 0.1) is 11.3 Å². The molecule has 1 aliphatic heterocycles. The van der Waals surface area contributed by atoms with Gasteiger partial charge in [-0.05, 0) is 50.0 Å². The lowest BCUT2D eigenvalue weighted by Gasteiger charge is -2.41. The van der Waals surface area contributed by atoms with Gasteiger partial charge in [0, 0.05) is 6.54 Å². The van der Waals surface area contributed by atoms with Crippen molar-refractivity contribution in [3.63, 3.8) is 0 Å². The van der Waals surface area contributed by atoms with E-state index in [2.05, 4.69) is 24.5 Å². The summed E-state index contributed by atoms with van der Waals surface area (Å²) in [5.74, 6) is 0.895. The van der Waals surface area contributed by atoms with Gasteiger partial charge in [0.25, 0.3) is 0 Å². The van der Waals surface area contributed by atoms with Crippen molar-refractivity contribution < 1.29 is 4.79 Å². The van der Waals surface area contributed by atoms with Gasteiger partial charge in [0.1, 0.15) is 0 Å². The third-order valence-electron chi connectivity index (χ3n) is 4.78. The van der Waals surface area contributed by atoms with Gasteiger partial charge in [0.15, 0.2) is 0 Å². The van der Waals surface area contributed by atoms with Gasteiger partial charge < -0.3 is 10.6 Å². The normalized spacial score (nSPS) is 31.6. The molecule has 17 heavy (non-hydrogen) atoms. The number of amides is 1. The van der Waals surface area contributed by atoms with E-state index in [1.807, 2.05) is 0 Å². The monoisotopic (exact) mass is 238 g/mol. The first kappa shape index (κ1) is 12.9. The van der Waals surface area contributed by atoms with Crippen molar-refractivity contribution in [2.24, 2.45) is 11.3 Å². The Morgan fingerprint density at radius 3 is 2.76 bits per heavy atom. The van der Waals surface area contributed by atoms with Gasteiger partial charge in [-0.1, -0.05) is 20.3 Å². The van der Waals surface area contributed by atoms with Gasteiger partial charge in [0.05, 0.1) is 6.04 Å². The number of carbonyl (C=O) groups is 1. The highest BCUT2D eigenvalue weighted by Gasteiger charge is 2.36. The summed E-state index contributed by atoms with van der Waals surface area (Å²) in [7, 11) is 0. The number of nitrogens with one attached hydrogen (secondary N) is 2. The zero-order valence-electron chi connectivity index (χ0n) is 11.2.